The molecule has 2 heterocycles. The van der Waals surface area contributed by atoms with Crippen molar-refractivity contribution in [2.45, 2.75) is 32.4 Å². The van der Waals surface area contributed by atoms with Crippen molar-refractivity contribution >= 4 is 17.2 Å². The van der Waals surface area contributed by atoms with Gasteiger partial charge in [-0.1, -0.05) is 6.92 Å². The number of aryl methyl sites for hydroxylation is 1. The van der Waals surface area contributed by atoms with Crippen molar-refractivity contribution in [2.75, 3.05) is 13.1 Å². The number of hydrogen-bond acceptors (Lipinski definition) is 3. The largest absolute Gasteiger partial charge is 0.433 e. The molecular formula is C17H20F3N3OS. The van der Waals surface area contributed by atoms with Gasteiger partial charge < -0.3 is 4.90 Å². The van der Waals surface area contributed by atoms with E-state index in [2.05, 4.69) is 5.10 Å². The number of aromatic nitrogens is 2. The maximum atomic E-state index is 12.9. The third kappa shape index (κ3) is 4.05. The number of halogens is 3. The molecule has 8 heteroatoms. The Bertz CT molecular complexity index is 762. The molecule has 25 heavy (non-hydrogen) atoms. The molecule has 2 aromatic rings. The quantitative estimate of drug-likeness (QED) is 0.753. The summed E-state index contributed by atoms with van der Waals surface area (Å²) < 4.78 is 39.6. The second-order valence-corrected chi connectivity index (χ2v) is 7.48. The number of alkyl halides is 3. The number of hydrogen-bond donors (Lipinski definition) is 0. The fourth-order valence-electron chi connectivity index (χ4n) is 2.76. The summed E-state index contributed by atoms with van der Waals surface area (Å²) in [7, 11) is 1.27. The van der Waals surface area contributed by atoms with Crippen molar-refractivity contribution in [1.82, 2.24) is 14.7 Å². The summed E-state index contributed by atoms with van der Waals surface area (Å²) in [6, 6.07) is 4.37. The highest BCUT2D eigenvalue weighted by Crippen LogP contribution is 2.35. The molecule has 0 aliphatic heterocycles. The first-order chi connectivity index (χ1) is 11.8. The van der Waals surface area contributed by atoms with Gasteiger partial charge in [-0.05, 0) is 43.4 Å². The van der Waals surface area contributed by atoms with Crippen LogP contribution in [0.25, 0.3) is 10.6 Å². The zero-order chi connectivity index (χ0) is 18.2. The Balaban J connectivity index is 1.80. The van der Waals surface area contributed by atoms with E-state index in [-0.39, 0.29) is 11.6 Å². The molecule has 0 unspecified atom stereocenters. The first kappa shape index (κ1) is 18.0. The highest BCUT2D eigenvalue weighted by molar-refractivity contribution is 7.17. The van der Waals surface area contributed by atoms with Crippen molar-refractivity contribution in [3.8, 4) is 10.6 Å². The lowest BCUT2D eigenvalue weighted by Crippen LogP contribution is -2.33. The fraction of sp³-hybridized carbons (Fsp3) is 0.529. The van der Waals surface area contributed by atoms with Crippen LogP contribution < -0.4 is 0 Å². The second-order valence-electron chi connectivity index (χ2n) is 6.39. The van der Waals surface area contributed by atoms with E-state index < -0.39 is 11.9 Å². The molecule has 4 nitrogen and oxygen atoms in total. The molecule has 1 amide bonds. The maximum absolute atomic E-state index is 12.9. The van der Waals surface area contributed by atoms with Crippen molar-refractivity contribution in [3.63, 3.8) is 0 Å². The van der Waals surface area contributed by atoms with Gasteiger partial charge in [0.2, 0.25) is 0 Å². The van der Waals surface area contributed by atoms with Crippen molar-refractivity contribution < 1.29 is 18.0 Å². The number of carbonyl (C=O) groups is 1. The smallest absolute Gasteiger partial charge is 0.338 e. The maximum Gasteiger partial charge on any atom is 0.433 e. The molecule has 0 spiro atoms. The minimum Gasteiger partial charge on any atom is -0.338 e. The van der Waals surface area contributed by atoms with E-state index in [4.69, 9.17) is 0 Å². The van der Waals surface area contributed by atoms with Crippen LogP contribution in [0, 0.1) is 5.92 Å². The Morgan fingerprint density at radius 3 is 2.68 bits per heavy atom. The number of carbonyl (C=O) groups excluding carboxylic acids is 1. The van der Waals surface area contributed by atoms with E-state index in [0.29, 0.717) is 22.2 Å². The Labute approximate surface area is 148 Å². The summed E-state index contributed by atoms with van der Waals surface area (Å²) >= 11 is 1.19. The third-order valence-corrected chi connectivity index (χ3v) is 5.29. The Kier molecular flexibility index (Phi) is 4.90. The molecule has 0 bridgehead atoms. The zero-order valence-corrected chi connectivity index (χ0v) is 15.0. The SMILES string of the molecule is CCCN(CC1CC1)C(=O)c1ccc(-c2cc(C(F)(F)F)n(C)n2)s1. The van der Waals surface area contributed by atoms with Crippen LogP contribution in [-0.2, 0) is 13.2 Å². The Morgan fingerprint density at radius 1 is 1.40 bits per heavy atom. The van der Waals surface area contributed by atoms with Gasteiger partial charge in [0.05, 0.1) is 9.75 Å². The van der Waals surface area contributed by atoms with Crippen LogP contribution in [0.4, 0.5) is 13.2 Å². The predicted molar refractivity (Wildman–Crippen MR) is 90.4 cm³/mol. The molecule has 0 N–H and O–H groups in total. The molecule has 0 aromatic carbocycles. The minimum atomic E-state index is -4.45. The molecule has 1 fully saturated rings. The second kappa shape index (κ2) is 6.82. The van der Waals surface area contributed by atoms with Crippen molar-refractivity contribution in [1.29, 1.82) is 0 Å². The van der Waals surface area contributed by atoms with Crippen LogP contribution in [0.1, 0.15) is 41.6 Å². The standard InChI is InChI=1S/C17H20F3N3OS/c1-3-8-23(10-11-4-5-11)16(24)14-7-6-13(25-14)12-9-15(17(18,19)20)22(2)21-12/h6-7,9,11H,3-5,8,10H2,1-2H3. The third-order valence-electron chi connectivity index (χ3n) is 4.20. The lowest BCUT2D eigenvalue weighted by Gasteiger charge is -2.21. The first-order valence-corrected chi connectivity index (χ1v) is 9.12. The van der Waals surface area contributed by atoms with Crippen LogP contribution in [0.5, 0.6) is 0 Å². The summed E-state index contributed by atoms with van der Waals surface area (Å²) in [5.74, 6) is 0.553. The molecule has 1 aliphatic rings. The molecule has 136 valence electrons. The molecule has 0 atom stereocenters. The van der Waals surface area contributed by atoms with Crippen molar-refractivity contribution in [2.24, 2.45) is 13.0 Å². The summed E-state index contributed by atoms with van der Waals surface area (Å²) in [6.07, 6.45) is -1.24. The minimum absolute atomic E-state index is 0.0445. The van der Waals surface area contributed by atoms with E-state index >= 15 is 0 Å². The number of nitrogens with zero attached hydrogens (tertiary/aromatic N) is 3. The first-order valence-electron chi connectivity index (χ1n) is 8.30. The number of amides is 1. The average Bonchev–Trinajstić information content (AvgIpc) is 3.06. The highest BCUT2D eigenvalue weighted by Gasteiger charge is 2.35. The average molecular weight is 371 g/mol. The molecule has 0 radical (unpaired) electrons. The van der Waals surface area contributed by atoms with Gasteiger partial charge in [-0.15, -0.1) is 11.3 Å². The topological polar surface area (TPSA) is 38.1 Å². The van der Waals surface area contributed by atoms with Crippen LogP contribution >= 0.6 is 11.3 Å². The summed E-state index contributed by atoms with van der Waals surface area (Å²) in [6.45, 7) is 3.49. The van der Waals surface area contributed by atoms with Crippen LogP contribution in [0.2, 0.25) is 0 Å². The predicted octanol–water partition coefficient (Wildman–Crippen LogP) is 4.43. The molecule has 2 aromatic heterocycles. The van der Waals surface area contributed by atoms with Gasteiger partial charge in [0.15, 0.2) is 0 Å². The Hall–Kier alpha value is -1.83. The Morgan fingerprint density at radius 2 is 2.12 bits per heavy atom. The van der Waals surface area contributed by atoms with Gasteiger partial charge in [0, 0.05) is 20.1 Å². The molecule has 1 saturated carbocycles. The van der Waals surface area contributed by atoms with Gasteiger partial charge in [-0.2, -0.15) is 18.3 Å². The van der Waals surface area contributed by atoms with Crippen LogP contribution in [0.15, 0.2) is 18.2 Å². The highest BCUT2D eigenvalue weighted by atomic mass is 32.1. The molecular weight excluding hydrogens is 351 g/mol. The van der Waals surface area contributed by atoms with Gasteiger partial charge in [-0.25, -0.2) is 0 Å². The van der Waals surface area contributed by atoms with Gasteiger partial charge >= 0.3 is 6.18 Å². The van der Waals surface area contributed by atoms with Gasteiger partial charge in [0.1, 0.15) is 11.4 Å². The zero-order valence-electron chi connectivity index (χ0n) is 14.1. The summed E-state index contributed by atoms with van der Waals surface area (Å²) in [4.78, 5) is 15.7. The van der Waals surface area contributed by atoms with E-state index in [0.717, 1.165) is 36.6 Å². The fourth-order valence-corrected chi connectivity index (χ4v) is 3.69. The van der Waals surface area contributed by atoms with E-state index in [1.807, 2.05) is 11.8 Å². The van der Waals surface area contributed by atoms with E-state index in [1.165, 1.54) is 18.4 Å². The monoisotopic (exact) mass is 371 g/mol. The van der Waals surface area contributed by atoms with Crippen LogP contribution in [-0.4, -0.2) is 33.7 Å². The molecule has 0 saturated heterocycles. The normalized spacial score (nSPS) is 14.8. The summed E-state index contributed by atoms with van der Waals surface area (Å²) in [5, 5.41) is 3.94. The number of thiophene rings is 1. The lowest BCUT2D eigenvalue weighted by molar-refractivity contribution is -0.143. The van der Waals surface area contributed by atoms with E-state index in [1.54, 1.807) is 12.1 Å². The molecule has 3 rings (SSSR count). The summed E-state index contributed by atoms with van der Waals surface area (Å²) in [5.41, 5.74) is -0.562. The van der Waals surface area contributed by atoms with E-state index in [9.17, 15) is 18.0 Å². The molecule has 1 aliphatic carbocycles. The van der Waals surface area contributed by atoms with Gasteiger partial charge in [-0.3, -0.25) is 9.48 Å². The van der Waals surface area contributed by atoms with Crippen molar-refractivity contribution in [3.05, 3.63) is 28.8 Å². The number of rotatable bonds is 6. The lowest BCUT2D eigenvalue weighted by atomic mass is 10.3. The van der Waals surface area contributed by atoms with Crippen LogP contribution in [0.3, 0.4) is 0 Å². The van der Waals surface area contributed by atoms with Gasteiger partial charge in [0.25, 0.3) is 5.91 Å².